The average Bonchev–Trinajstić information content (AvgIpc) is 2.52. The number of carboxylic acids is 1. The zero-order valence-corrected chi connectivity index (χ0v) is 9.03. The molecule has 4 heteroatoms. The fourth-order valence-corrected chi connectivity index (χ4v) is 2.07. The first-order valence-corrected chi connectivity index (χ1v) is 5.14. The van der Waals surface area contributed by atoms with Gasteiger partial charge < -0.3 is 15.8 Å². The SMILES string of the molecule is Cc1[nH]c2ccccc2c1C(N)CC(=O)O. The Bertz CT molecular complexity index is 531. The zero-order valence-electron chi connectivity index (χ0n) is 9.03. The van der Waals surface area contributed by atoms with Crippen LogP contribution in [0.2, 0.25) is 0 Å². The van der Waals surface area contributed by atoms with Crippen molar-refractivity contribution in [3.05, 3.63) is 35.5 Å². The molecule has 0 radical (unpaired) electrons. The molecule has 0 bridgehead atoms. The molecular weight excluding hydrogens is 204 g/mol. The molecular formula is C12H14N2O2. The maximum atomic E-state index is 10.7. The lowest BCUT2D eigenvalue weighted by molar-refractivity contribution is -0.137. The topological polar surface area (TPSA) is 79.1 Å². The lowest BCUT2D eigenvalue weighted by Crippen LogP contribution is -2.15. The Morgan fingerprint density at radius 3 is 2.88 bits per heavy atom. The first-order chi connectivity index (χ1) is 7.59. The molecule has 0 aliphatic rings. The van der Waals surface area contributed by atoms with E-state index in [1.807, 2.05) is 31.2 Å². The number of hydrogen-bond donors (Lipinski definition) is 3. The first kappa shape index (κ1) is 10.7. The number of fused-ring (bicyclic) bond motifs is 1. The van der Waals surface area contributed by atoms with Crippen LogP contribution in [0, 0.1) is 6.92 Å². The van der Waals surface area contributed by atoms with Gasteiger partial charge in [-0.25, -0.2) is 0 Å². The van der Waals surface area contributed by atoms with E-state index in [0.29, 0.717) is 0 Å². The Balaban J connectivity index is 2.50. The van der Waals surface area contributed by atoms with E-state index in [0.717, 1.165) is 22.2 Å². The molecule has 0 aliphatic carbocycles. The lowest BCUT2D eigenvalue weighted by Gasteiger charge is -2.09. The second-order valence-corrected chi connectivity index (χ2v) is 3.91. The van der Waals surface area contributed by atoms with Crippen molar-refractivity contribution in [3.63, 3.8) is 0 Å². The number of nitrogens with one attached hydrogen (secondary N) is 1. The number of aromatic amines is 1. The second kappa shape index (κ2) is 3.98. The van der Waals surface area contributed by atoms with Crippen molar-refractivity contribution in [2.24, 2.45) is 5.73 Å². The highest BCUT2D eigenvalue weighted by atomic mass is 16.4. The van der Waals surface area contributed by atoms with Crippen LogP contribution in [0.25, 0.3) is 10.9 Å². The molecule has 84 valence electrons. The predicted molar refractivity (Wildman–Crippen MR) is 62.2 cm³/mol. The van der Waals surface area contributed by atoms with Gasteiger partial charge in [0.2, 0.25) is 0 Å². The number of rotatable bonds is 3. The van der Waals surface area contributed by atoms with Crippen LogP contribution in [-0.4, -0.2) is 16.1 Å². The average molecular weight is 218 g/mol. The van der Waals surface area contributed by atoms with Crippen LogP contribution in [0.1, 0.15) is 23.7 Å². The van der Waals surface area contributed by atoms with Crippen LogP contribution in [0.15, 0.2) is 24.3 Å². The molecule has 0 spiro atoms. The standard InChI is InChI=1S/C12H14N2O2/c1-7-12(9(13)6-11(15)16)8-4-2-3-5-10(8)14-7/h2-5,9,14H,6,13H2,1H3,(H,15,16). The van der Waals surface area contributed by atoms with Crippen LogP contribution in [-0.2, 0) is 4.79 Å². The summed E-state index contributed by atoms with van der Waals surface area (Å²) in [6.45, 7) is 1.91. The molecule has 0 saturated carbocycles. The van der Waals surface area contributed by atoms with E-state index in [4.69, 9.17) is 10.8 Å². The molecule has 1 unspecified atom stereocenters. The van der Waals surface area contributed by atoms with Crippen molar-refractivity contribution < 1.29 is 9.90 Å². The molecule has 4 N–H and O–H groups in total. The van der Waals surface area contributed by atoms with E-state index >= 15 is 0 Å². The summed E-state index contributed by atoms with van der Waals surface area (Å²) in [5.41, 5.74) is 8.74. The van der Waals surface area contributed by atoms with Gasteiger partial charge in [0, 0.05) is 22.6 Å². The molecule has 1 atom stereocenters. The van der Waals surface area contributed by atoms with Crippen molar-refractivity contribution >= 4 is 16.9 Å². The van der Waals surface area contributed by atoms with Gasteiger partial charge in [0.1, 0.15) is 0 Å². The molecule has 1 aromatic heterocycles. The van der Waals surface area contributed by atoms with Crippen molar-refractivity contribution in [3.8, 4) is 0 Å². The lowest BCUT2D eigenvalue weighted by atomic mass is 10.0. The van der Waals surface area contributed by atoms with E-state index in [1.165, 1.54) is 0 Å². The Labute approximate surface area is 93.1 Å². The minimum atomic E-state index is -0.878. The molecule has 1 aromatic carbocycles. The van der Waals surface area contributed by atoms with Crippen molar-refractivity contribution in [1.82, 2.24) is 4.98 Å². The Hall–Kier alpha value is -1.81. The van der Waals surface area contributed by atoms with Gasteiger partial charge in [-0.1, -0.05) is 18.2 Å². The van der Waals surface area contributed by atoms with Crippen LogP contribution >= 0.6 is 0 Å². The number of aliphatic carboxylic acids is 1. The summed E-state index contributed by atoms with van der Waals surface area (Å²) < 4.78 is 0. The van der Waals surface area contributed by atoms with Gasteiger partial charge in [-0.2, -0.15) is 0 Å². The molecule has 0 aliphatic heterocycles. The van der Waals surface area contributed by atoms with Crippen molar-refractivity contribution in [2.75, 3.05) is 0 Å². The number of para-hydroxylation sites is 1. The molecule has 0 saturated heterocycles. The minimum Gasteiger partial charge on any atom is -0.481 e. The normalized spacial score (nSPS) is 12.9. The summed E-state index contributed by atoms with van der Waals surface area (Å²) in [6, 6.07) is 7.31. The van der Waals surface area contributed by atoms with Crippen molar-refractivity contribution in [1.29, 1.82) is 0 Å². The third-order valence-electron chi connectivity index (χ3n) is 2.71. The highest BCUT2D eigenvalue weighted by Gasteiger charge is 2.17. The van der Waals surface area contributed by atoms with Gasteiger partial charge in [-0.15, -0.1) is 0 Å². The Morgan fingerprint density at radius 2 is 2.19 bits per heavy atom. The maximum Gasteiger partial charge on any atom is 0.305 e. The smallest absolute Gasteiger partial charge is 0.305 e. The summed E-state index contributed by atoms with van der Waals surface area (Å²) in [4.78, 5) is 13.9. The summed E-state index contributed by atoms with van der Waals surface area (Å²) in [5.74, 6) is -0.878. The summed E-state index contributed by atoms with van der Waals surface area (Å²) in [7, 11) is 0. The summed E-state index contributed by atoms with van der Waals surface area (Å²) >= 11 is 0. The number of nitrogens with two attached hydrogens (primary N) is 1. The zero-order chi connectivity index (χ0) is 11.7. The van der Waals surface area contributed by atoms with Crippen LogP contribution in [0.5, 0.6) is 0 Å². The van der Waals surface area contributed by atoms with Gasteiger partial charge in [0.25, 0.3) is 0 Å². The summed E-state index contributed by atoms with van der Waals surface area (Å²) in [6.07, 6.45) is -0.0529. The molecule has 2 aromatic rings. The minimum absolute atomic E-state index is 0.0529. The van der Waals surface area contributed by atoms with Gasteiger partial charge >= 0.3 is 5.97 Å². The monoisotopic (exact) mass is 218 g/mol. The van der Waals surface area contributed by atoms with E-state index in [1.54, 1.807) is 0 Å². The summed E-state index contributed by atoms with van der Waals surface area (Å²) in [5, 5.41) is 9.76. The van der Waals surface area contributed by atoms with Crippen LogP contribution in [0.3, 0.4) is 0 Å². The molecule has 4 nitrogen and oxygen atoms in total. The fourth-order valence-electron chi connectivity index (χ4n) is 2.07. The third kappa shape index (κ3) is 1.79. The number of hydrogen-bond acceptors (Lipinski definition) is 2. The Kier molecular flexibility index (Phi) is 2.66. The van der Waals surface area contributed by atoms with Gasteiger partial charge in [-0.3, -0.25) is 4.79 Å². The first-order valence-electron chi connectivity index (χ1n) is 5.14. The molecule has 16 heavy (non-hydrogen) atoms. The number of aryl methyl sites for hydroxylation is 1. The van der Waals surface area contributed by atoms with E-state index in [-0.39, 0.29) is 6.42 Å². The number of aromatic nitrogens is 1. The number of H-pyrrole nitrogens is 1. The van der Waals surface area contributed by atoms with E-state index in [2.05, 4.69) is 4.98 Å². The second-order valence-electron chi connectivity index (χ2n) is 3.91. The van der Waals surface area contributed by atoms with Crippen LogP contribution in [0.4, 0.5) is 0 Å². The third-order valence-corrected chi connectivity index (χ3v) is 2.71. The Morgan fingerprint density at radius 1 is 1.50 bits per heavy atom. The molecule has 1 heterocycles. The number of carboxylic acid groups (broad SMARTS) is 1. The molecule has 0 amide bonds. The van der Waals surface area contributed by atoms with E-state index < -0.39 is 12.0 Å². The maximum absolute atomic E-state index is 10.7. The highest BCUT2D eigenvalue weighted by Crippen LogP contribution is 2.27. The quantitative estimate of drug-likeness (QED) is 0.736. The van der Waals surface area contributed by atoms with Crippen molar-refractivity contribution in [2.45, 2.75) is 19.4 Å². The largest absolute Gasteiger partial charge is 0.481 e. The van der Waals surface area contributed by atoms with Crippen LogP contribution < -0.4 is 5.73 Å². The number of carbonyl (C=O) groups is 1. The van der Waals surface area contributed by atoms with Gasteiger partial charge in [-0.05, 0) is 18.6 Å². The number of benzene rings is 1. The fraction of sp³-hybridized carbons (Fsp3) is 0.250. The van der Waals surface area contributed by atoms with E-state index in [9.17, 15) is 4.79 Å². The highest BCUT2D eigenvalue weighted by molar-refractivity contribution is 5.85. The van der Waals surface area contributed by atoms with Gasteiger partial charge in [0.05, 0.1) is 6.42 Å². The predicted octanol–water partition coefficient (Wildman–Crippen LogP) is 1.95. The van der Waals surface area contributed by atoms with Gasteiger partial charge in [0.15, 0.2) is 0 Å². The molecule has 2 rings (SSSR count). The molecule has 0 fully saturated rings.